The van der Waals surface area contributed by atoms with E-state index in [0.717, 1.165) is 0 Å². The third-order valence-corrected chi connectivity index (χ3v) is 0. The van der Waals surface area contributed by atoms with E-state index in [1.54, 1.807) is 0 Å². The van der Waals surface area contributed by atoms with Crippen molar-refractivity contribution >= 4 is 12.6 Å². The summed E-state index contributed by atoms with van der Waals surface area (Å²) >= 11 is 3.70. The van der Waals surface area contributed by atoms with Crippen molar-refractivity contribution in [3.63, 3.8) is 0 Å². The Morgan fingerprint density at radius 3 is 1.29 bits per heavy atom. The first-order chi connectivity index (χ1) is 1.41. The van der Waals surface area contributed by atoms with Gasteiger partial charge < -0.3 is 43.6 Å². The summed E-state index contributed by atoms with van der Waals surface area (Å²) in [6.07, 6.45) is 0. The molecular weight excluding hydrogens is 202 g/mol. The molecule has 0 aliphatic heterocycles. The van der Waals surface area contributed by atoms with Crippen LogP contribution in [0.1, 0.15) is 0 Å². The number of nitrogens with zero attached hydrogens (tertiary/aromatic N) is 1. The van der Waals surface area contributed by atoms with Crippen molar-refractivity contribution in [2.75, 3.05) is 0 Å². The quantitative estimate of drug-likeness (QED) is 0.317. The van der Waals surface area contributed by atoms with E-state index >= 15 is 0 Å². The molecule has 0 bridgehead atoms. The van der Waals surface area contributed by atoms with E-state index in [0.29, 0.717) is 0 Å². The first-order valence-electron chi connectivity index (χ1n) is 0.428. The molecule has 0 spiro atoms. The Kier molecular flexibility index (Phi) is 483. The molecule has 0 heterocycles. The number of nitriles is 1. The molecule has 0 aliphatic rings. The molecule has 0 saturated heterocycles. The minimum absolute atomic E-state index is 0. The summed E-state index contributed by atoms with van der Waals surface area (Å²) in [5, 5.41) is 8.47. The summed E-state index contributed by atoms with van der Waals surface area (Å²) in [5.74, 6) is 0. The monoisotopic (exact) mass is 205 g/mol. The van der Waals surface area contributed by atoms with Crippen LogP contribution in [0.3, 0.4) is 0 Å². The molecule has 0 aliphatic carbocycles. The molecular formula is CH4Cl2CoN2S. The predicted molar refractivity (Wildman–Crippen MR) is 19.0 cm³/mol. The average Bonchev–Trinajstić information content (AvgIpc) is 0.918. The summed E-state index contributed by atoms with van der Waals surface area (Å²) in [6, 6.07) is 0. The molecule has 0 rings (SSSR count). The summed E-state index contributed by atoms with van der Waals surface area (Å²) in [6.45, 7) is 0. The van der Waals surface area contributed by atoms with Gasteiger partial charge in [-0.25, -0.2) is 5.26 Å². The molecule has 1 radical (unpaired) electrons. The maximum Gasteiger partial charge on any atom is 2.00 e. The Balaban J connectivity index is -0.00000000333. The largest absolute Gasteiger partial charge is 2.00 e. The molecule has 6 heteroatoms. The second kappa shape index (κ2) is 72.6. The molecule has 0 amide bonds. The molecule has 4 N–H and O–H groups in total. The van der Waals surface area contributed by atoms with Crippen molar-refractivity contribution in [3.05, 3.63) is 0 Å². The van der Waals surface area contributed by atoms with Crippen LogP contribution in [0.4, 0.5) is 0 Å². The van der Waals surface area contributed by atoms with Gasteiger partial charge in [0.2, 0.25) is 0 Å². The van der Waals surface area contributed by atoms with Crippen LogP contribution in [0.5, 0.6) is 0 Å². The van der Waals surface area contributed by atoms with Crippen LogP contribution >= 0.6 is 0 Å². The van der Waals surface area contributed by atoms with E-state index in [2.05, 4.69) is 12.6 Å². The summed E-state index contributed by atoms with van der Waals surface area (Å²) in [7, 11) is 0. The third kappa shape index (κ3) is 267. The van der Waals surface area contributed by atoms with Gasteiger partial charge in [0.15, 0.2) is 0 Å². The molecule has 0 aromatic carbocycles. The van der Waals surface area contributed by atoms with Crippen LogP contribution in [-0.2, 0) is 29.4 Å². The van der Waals surface area contributed by atoms with Gasteiger partial charge in [-0.15, -0.1) is 0 Å². The number of hydrogen-bond donors (Lipinski definition) is 1. The van der Waals surface area contributed by atoms with Crippen LogP contribution in [-0.4, -0.2) is 0 Å². The smallest absolute Gasteiger partial charge is 1.00 e. The van der Waals surface area contributed by atoms with Gasteiger partial charge in [-0.3, -0.25) is 0 Å². The zero-order valence-corrected chi connectivity index (χ0v) is 6.81. The number of rotatable bonds is 0. The SMILES string of the molecule is N#C[S-].[Cl-].[Cl-].[Co+2].[NH4+]. The Hall–Kier alpha value is 0.756. The van der Waals surface area contributed by atoms with Gasteiger partial charge in [-0.05, 0) is 0 Å². The Morgan fingerprint density at radius 1 is 1.29 bits per heavy atom. The molecule has 47 valence electrons. The molecule has 7 heavy (non-hydrogen) atoms. The summed E-state index contributed by atoms with van der Waals surface area (Å²) in [5.41, 5.74) is 0. The third-order valence-electron chi connectivity index (χ3n) is 0. The van der Waals surface area contributed by atoms with Crippen molar-refractivity contribution in [1.82, 2.24) is 6.15 Å². The minimum atomic E-state index is 0. The average molecular weight is 206 g/mol. The van der Waals surface area contributed by atoms with Gasteiger partial charge >= 0.3 is 16.8 Å². The van der Waals surface area contributed by atoms with Crippen molar-refractivity contribution in [3.8, 4) is 5.40 Å². The van der Waals surface area contributed by atoms with E-state index in [1.165, 1.54) is 5.40 Å². The van der Waals surface area contributed by atoms with Crippen LogP contribution in [0, 0.1) is 10.7 Å². The van der Waals surface area contributed by atoms with Crippen LogP contribution in [0.2, 0.25) is 0 Å². The van der Waals surface area contributed by atoms with E-state index in [1.807, 2.05) is 0 Å². The van der Waals surface area contributed by atoms with Gasteiger partial charge in [0, 0.05) is 0 Å². The van der Waals surface area contributed by atoms with E-state index in [9.17, 15) is 0 Å². The van der Waals surface area contributed by atoms with Crippen LogP contribution in [0.25, 0.3) is 0 Å². The van der Waals surface area contributed by atoms with Gasteiger partial charge in [0.05, 0.1) is 0 Å². The second-order valence-electron chi connectivity index (χ2n) is 0.0913. The maximum absolute atomic E-state index is 7.13. The Labute approximate surface area is 71.0 Å². The van der Waals surface area contributed by atoms with Crippen molar-refractivity contribution < 1.29 is 41.6 Å². The fraction of sp³-hybridized carbons (Fsp3) is 0. The summed E-state index contributed by atoms with van der Waals surface area (Å²) in [4.78, 5) is 0. The van der Waals surface area contributed by atoms with Gasteiger partial charge in [-0.2, -0.15) is 0 Å². The number of halogens is 2. The van der Waals surface area contributed by atoms with E-state index in [4.69, 9.17) is 5.26 Å². The molecule has 0 unspecified atom stereocenters. The van der Waals surface area contributed by atoms with Crippen molar-refractivity contribution in [2.45, 2.75) is 0 Å². The topological polar surface area (TPSA) is 60.3 Å². The van der Waals surface area contributed by atoms with Crippen LogP contribution in [0.15, 0.2) is 0 Å². The molecule has 0 fully saturated rings. The first-order valence-corrected chi connectivity index (χ1v) is 0.836. The molecule has 0 atom stereocenters. The van der Waals surface area contributed by atoms with Gasteiger partial charge in [0.1, 0.15) is 0 Å². The number of thiocyanates is 1. The zero-order valence-electron chi connectivity index (χ0n) is 3.44. The van der Waals surface area contributed by atoms with Gasteiger partial charge in [0.25, 0.3) is 0 Å². The Bertz CT molecular complexity index is 37.2. The zero-order chi connectivity index (χ0) is 2.71. The van der Waals surface area contributed by atoms with E-state index < -0.39 is 0 Å². The maximum atomic E-state index is 7.13. The number of quaternary nitrogens is 1. The van der Waals surface area contributed by atoms with E-state index in [-0.39, 0.29) is 47.7 Å². The Morgan fingerprint density at radius 2 is 1.29 bits per heavy atom. The summed E-state index contributed by atoms with van der Waals surface area (Å²) < 4.78 is 0. The van der Waals surface area contributed by atoms with Crippen molar-refractivity contribution in [2.24, 2.45) is 0 Å². The predicted octanol–water partition coefficient (Wildman–Crippen LogP) is -5.60. The standard InChI is InChI=1S/CHNS.2ClH.Co.H3N/c2-1-3;;;;/h3H;2*1H;;1H3/q;;;+2;/p-2. The molecule has 0 aromatic rings. The molecule has 2 nitrogen and oxygen atoms in total. The molecule has 0 aromatic heterocycles. The second-order valence-corrected chi connectivity index (χ2v) is 0.274. The molecule has 0 saturated carbocycles. The van der Waals surface area contributed by atoms with Gasteiger partial charge in [-0.1, -0.05) is 5.40 Å². The fourth-order valence-electron chi connectivity index (χ4n) is 0. The fourth-order valence-corrected chi connectivity index (χ4v) is 0. The normalized spacial score (nSPS) is 1.00. The first kappa shape index (κ1) is 46.6. The number of hydrogen-bond acceptors (Lipinski definition) is 2. The van der Waals surface area contributed by atoms with Crippen molar-refractivity contribution in [1.29, 1.82) is 5.26 Å². The van der Waals surface area contributed by atoms with Crippen LogP contribution < -0.4 is 31.0 Å². The minimum Gasteiger partial charge on any atom is -1.00 e.